The highest BCUT2D eigenvalue weighted by molar-refractivity contribution is 5.98. The van der Waals surface area contributed by atoms with E-state index < -0.39 is 6.09 Å². The van der Waals surface area contributed by atoms with E-state index in [1.54, 1.807) is 0 Å². The van der Waals surface area contributed by atoms with Gasteiger partial charge < -0.3 is 4.74 Å². The van der Waals surface area contributed by atoms with Gasteiger partial charge >= 0.3 is 6.09 Å². The Labute approximate surface area is 93.8 Å². The molecule has 1 saturated heterocycles. The third kappa shape index (κ3) is 2.05. The Kier molecular flexibility index (Phi) is 2.90. The molecule has 1 heterocycles. The lowest BCUT2D eigenvalue weighted by molar-refractivity contribution is -0.127. The summed E-state index contributed by atoms with van der Waals surface area (Å²) in [6, 6.07) is 9.59. The fraction of sp³-hybridized carbons (Fsp3) is 0.333. The van der Waals surface area contributed by atoms with Gasteiger partial charge in [0.1, 0.15) is 0 Å². The molecule has 2 rings (SSSR count). The average molecular weight is 219 g/mol. The summed E-state index contributed by atoms with van der Waals surface area (Å²) in [6.07, 6.45) is 0.121. The van der Waals surface area contributed by atoms with E-state index in [1.165, 1.54) is 4.90 Å². The van der Waals surface area contributed by atoms with Gasteiger partial charge in [-0.15, -0.1) is 0 Å². The molecule has 4 nitrogen and oxygen atoms in total. The molecule has 1 aliphatic heterocycles. The average Bonchev–Trinajstić information content (AvgIpc) is 2.60. The summed E-state index contributed by atoms with van der Waals surface area (Å²) in [5.41, 5.74) is 1.10. The molecule has 0 aliphatic carbocycles. The molecule has 0 spiro atoms. The molecular formula is C12H13NO3. The zero-order valence-electron chi connectivity index (χ0n) is 9.05. The number of cyclic esters (lactones) is 1. The van der Waals surface area contributed by atoms with Crippen LogP contribution in [0.5, 0.6) is 0 Å². The van der Waals surface area contributed by atoms with Crippen LogP contribution in [0.2, 0.25) is 0 Å². The lowest BCUT2D eigenvalue weighted by Crippen LogP contribution is -2.38. The predicted molar refractivity (Wildman–Crippen MR) is 57.8 cm³/mol. The van der Waals surface area contributed by atoms with Crippen LogP contribution in [0.15, 0.2) is 30.3 Å². The SMILES string of the molecule is CC(Cc1ccccc1)N1C(=O)COC1=O. The summed E-state index contributed by atoms with van der Waals surface area (Å²) in [6.45, 7) is 1.72. The standard InChI is InChI=1S/C12H13NO3/c1-9(7-10-5-3-2-4-6-10)13-11(14)8-16-12(13)15/h2-6,9H,7-8H2,1H3. The zero-order valence-corrected chi connectivity index (χ0v) is 9.05. The molecule has 1 unspecified atom stereocenters. The maximum absolute atomic E-state index is 11.4. The highest BCUT2D eigenvalue weighted by Gasteiger charge is 2.34. The Morgan fingerprint density at radius 1 is 1.31 bits per heavy atom. The maximum atomic E-state index is 11.4. The summed E-state index contributed by atoms with van der Waals surface area (Å²) in [5, 5.41) is 0. The number of hydrogen-bond acceptors (Lipinski definition) is 3. The highest BCUT2D eigenvalue weighted by Crippen LogP contribution is 2.14. The van der Waals surface area contributed by atoms with Crippen LogP contribution in [-0.2, 0) is 16.0 Å². The van der Waals surface area contributed by atoms with E-state index in [0.717, 1.165) is 5.56 Å². The van der Waals surface area contributed by atoms with Crippen LogP contribution in [-0.4, -0.2) is 29.5 Å². The summed E-state index contributed by atoms with van der Waals surface area (Å²) in [4.78, 5) is 23.9. The molecule has 1 fully saturated rings. The summed E-state index contributed by atoms with van der Waals surface area (Å²) >= 11 is 0. The number of carbonyl (C=O) groups is 2. The van der Waals surface area contributed by atoms with Crippen molar-refractivity contribution < 1.29 is 14.3 Å². The molecule has 0 saturated carbocycles. The predicted octanol–water partition coefficient (Wildman–Crippen LogP) is 1.60. The van der Waals surface area contributed by atoms with Crippen LogP contribution in [0, 0.1) is 0 Å². The Bertz CT molecular complexity index is 386. The molecule has 84 valence electrons. The number of imide groups is 1. The van der Waals surface area contributed by atoms with Crippen molar-refractivity contribution in [1.82, 2.24) is 4.90 Å². The minimum absolute atomic E-state index is 0.127. The highest BCUT2D eigenvalue weighted by atomic mass is 16.6. The first kappa shape index (κ1) is 10.7. The number of ether oxygens (including phenoxy) is 1. The number of amides is 2. The van der Waals surface area contributed by atoms with E-state index in [0.29, 0.717) is 6.42 Å². The van der Waals surface area contributed by atoms with Gasteiger partial charge in [0.15, 0.2) is 6.61 Å². The largest absolute Gasteiger partial charge is 0.439 e. The minimum atomic E-state index is -0.534. The van der Waals surface area contributed by atoms with Gasteiger partial charge in [-0.2, -0.15) is 0 Å². The van der Waals surface area contributed by atoms with Gasteiger partial charge in [-0.25, -0.2) is 9.69 Å². The number of nitrogens with zero attached hydrogens (tertiary/aromatic N) is 1. The molecule has 0 aromatic heterocycles. The zero-order chi connectivity index (χ0) is 11.5. The first-order chi connectivity index (χ1) is 7.68. The van der Waals surface area contributed by atoms with Gasteiger partial charge in [0, 0.05) is 6.04 Å². The van der Waals surface area contributed by atoms with E-state index >= 15 is 0 Å². The van der Waals surface area contributed by atoms with Crippen LogP contribution in [0.25, 0.3) is 0 Å². The second-order valence-corrected chi connectivity index (χ2v) is 3.86. The number of rotatable bonds is 3. The first-order valence-electron chi connectivity index (χ1n) is 5.21. The Balaban J connectivity index is 2.06. The van der Waals surface area contributed by atoms with Gasteiger partial charge in [-0.3, -0.25) is 4.79 Å². The van der Waals surface area contributed by atoms with Crippen molar-refractivity contribution in [2.45, 2.75) is 19.4 Å². The van der Waals surface area contributed by atoms with Crippen LogP contribution in [0.3, 0.4) is 0 Å². The van der Waals surface area contributed by atoms with Crippen molar-refractivity contribution in [3.63, 3.8) is 0 Å². The van der Waals surface area contributed by atoms with Gasteiger partial charge in [0.2, 0.25) is 0 Å². The molecule has 16 heavy (non-hydrogen) atoms. The number of carbonyl (C=O) groups excluding carboxylic acids is 2. The first-order valence-corrected chi connectivity index (χ1v) is 5.21. The van der Waals surface area contributed by atoms with E-state index in [2.05, 4.69) is 4.74 Å². The molecule has 0 N–H and O–H groups in total. The third-order valence-electron chi connectivity index (χ3n) is 2.60. The molecule has 2 amide bonds. The van der Waals surface area contributed by atoms with Crippen molar-refractivity contribution >= 4 is 12.0 Å². The monoisotopic (exact) mass is 219 g/mol. The van der Waals surface area contributed by atoms with Gasteiger partial charge in [-0.05, 0) is 18.9 Å². The molecule has 1 atom stereocenters. The normalized spacial score (nSPS) is 17.4. The summed E-state index contributed by atoms with van der Waals surface area (Å²) < 4.78 is 4.67. The van der Waals surface area contributed by atoms with Crippen LogP contribution in [0.4, 0.5) is 4.79 Å². The molecule has 4 heteroatoms. The minimum Gasteiger partial charge on any atom is -0.439 e. The molecule has 1 aromatic rings. The smallest absolute Gasteiger partial charge is 0.417 e. The van der Waals surface area contributed by atoms with Crippen molar-refractivity contribution in [3.8, 4) is 0 Å². The van der Waals surface area contributed by atoms with E-state index in [-0.39, 0.29) is 18.6 Å². The Hall–Kier alpha value is -1.84. The molecule has 0 radical (unpaired) electrons. The van der Waals surface area contributed by atoms with Crippen LogP contribution in [0.1, 0.15) is 12.5 Å². The Morgan fingerprint density at radius 2 is 2.00 bits per heavy atom. The fourth-order valence-electron chi connectivity index (χ4n) is 1.84. The number of benzene rings is 1. The second-order valence-electron chi connectivity index (χ2n) is 3.86. The number of hydrogen-bond donors (Lipinski definition) is 0. The van der Waals surface area contributed by atoms with Crippen molar-refractivity contribution in [3.05, 3.63) is 35.9 Å². The van der Waals surface area contributed by atoms with Crippen LogP contribution >= 0.6 is 0 Å². The topological polar surface area (TPSA) is 46.6 Å². The summed E-state index contributed by atoms with van der Waals surface area (Å²) in [7, 11) is 0. The molecule has 0 bridgehead atoms. The van der Waals surface area contributed by atoms with Crippen molar-refractivity contribution in [2.75, 3.05) is 6.61 Å². The quantitative estimate of drug-likeness (QED) is 0.775. The fourth-order valence-corrected chi connectivity index (χ4v) is 1.84. The maximum Gasteiger partial charge on any atom is 0.417 e. The van der Waals surface area contributed by atoms with Gasteiger partial charge in [0.05, 0.1) is 0 Å². The third-order valence-corrected chi connectivity index (χ3v) is 2.60. The van der Waals surface area contributed by atoms with Crippen LogP contribution < -0.4 is 0 Å². The molecule has 1 aromatic carbocycles. The van der Waals surface area contributed by atoms with Gasteiger partial charge in [-0.1, -0.05) is 30.3 Å². The summed E-state index contributed by atoms with van der Waals surface area (Å²) in [5.74, 6) is -0.256. The van der Waals surface area contributed by atoms with E-state index in [9.17, 15) is 9.59 Å². The lowest BCUT2D eigenvalue weighted by atomic mass is 10.1. The van der Waals surface area contributed by atoms with Crippen molar-refractivity contribution in [2.24, 2.45) is 0 Å². The second kappa shape index (κ2) is 4.35. The van der Waals surface area contributed by atoms with E-state index in [1.807, 2.05) is 37.3 Å². The van der Waals surface area contributed by atoms with Crippen molar-refractivity contribution in [1.29, 1.82) is 0 Å². The van der Waals surface area contributed by atoms with Gasteiger partial charge in [0.25, 0.3) is 5.91 Å². The molecular weight excluding hydrogens is 206 g/mol. The molecule has 1 aliphatic rings. The van der Waals surface area contributed by atoms with E-state index in [4.69, 9.17) is 0 Å². The lowest BCUT2D eigenvalue weighted by Gasteiger charge is -2.19. The Morgan fingerprint density at radius 3 is 2.56 bits per heavy atom.